The maximum Gasteiger partial charge on any atom is 0.107 e. The Morgan fingerprint density at radius 1 is 1.39 bits per heavy atom. The molecule has 0 aromatic carbocycles. The number of ether oxygens (including phenoxy) is 1. The zero-order valence-corrected chi connectivity index (χ0v) is 12.3. The van der Waals surface area contributed by atoms with Crippen LogP contribution in [0.15, 0.2) is 0 Å². The summed E-state index contributed by atoms with van der Waals surface area (Å²) >= 11 is 1.74. The lowest BCUT2D eigenvalue weighted by atomic mass is 10.0. The third-order valence-corrected chi connectivity index (χ3v) is 4.59. The highest BCUT2D eigenvalue weighted by molar-refractivity contribution is 7.11. The first-order valence-electron chi connectivity index (χ1n) is 6.50. The van der Waals surface area contributed by atoms with Crippen LogP contribution in [0.25, 0.3) is 0 Å². The van der Waals surface area contributed by atoms with E-state index in [4.69, 9.17) is 15.5 Å². The molecule has 0 radical (unpaired) electrons. The van der Waals surface area contributed by atoms with Gasteiger partial charge in [-0.05, 0) is 39.8 Å². The van der Waals surface area contributed by atoms with Crippen LogP contribution < -0.4 is 5.73 Å². The Bertz CT molecular complexity index is 391. The number of methoxy groups -OCH3 is 1. The molecule has 1 aliphatic rings. The maximum absolute atomic E-state index is 6.21. The van der Waals surface area contributed by atoms with Crippen molar-refractivity contribution in [3.63, 3.8) is 0 Å². The van der Waals surface area contributed by atoms with E-state index in [0.29, 0.717) is 6.61 Å². The number of nitrogens with zero attached hydrogens (tertiary/aromatic N) is 2. The second kappa shape index (κ2) is 5.65. The number of thiazole rings is 1. The Kier molecular flexibility index (Phi) is 4.37. The molecular weight excluding hydrogens is 246 g/mol. The second-order valence-electron chi connectivity index (χ2n) is 5.52. The molecule has 0 atom stereocenters. The third-order valence-electron chi connectivity index (χ3n) is 3.17. The van der Waals surface area contributed by atoms with E-state index >= 15 is 0 Å². The smallest absolute Gasteiger partial charge is 0.107 e. The number of nitrogens with two attached hydrogens (primary N) is 1. The number of likely N-dealkylation sites (tertiary alicyclic amines) is 1. The van der Waals surface area contributed by atoms with Crippen molar-refractivity contribution in [3.05, 3.63) is 15.6 Å². The summed E-state index contributed by atoms with van der Waals surface area (Å²) in [5, 5.41) is 1.16. The van der Waals surface area contributed by atoms with E-state index in [1.165, 1.54) is 25.9 Å². The summed E-state index contributed by atoms with van der Waals surface area (Å²) in [5.41, 5.74) is 6.88. The van der Waals surface area contributed by atoms with Crippen molar-refractivity contribution >= 4 is 11.3 Å². The van der Waals surface area contributed by atoms with Gasteiger partial charge in [0.15, 0.2) is 0 Å². The predicted molar refractivity (Wildman–Crippen MR) is 74.6 cm³/mol. The Hall–Kier alpha value is -0.490. The Labute approximate surface area is 113 Å². The van der Waals surface area contributed by atoms with E-state index in [2.05, 4.69) is 4.90 Å². The van der Waals surface area contributed by atoms with E-state index < -0.39 is 0 Å². The number of aromatic nitrogens is 1. The zero-order chi connectivity index (χ0) is 13.2. The van der Waals surface area contributed by atoms with Crippen molar-refractivity contribution in [2.45, 2.75) is 45.4 Å². The van der Waals surface area contributed by atoms with Crippen LogP contribution in [0.2, 0.25) is 0 Å². The van der Waals surface area contributed by atoms with E-state index in [0.717, 1.165) is 22.1 Å². The molecule has 0 amide bonds. The molecule has 1 saturated heterocycles. The van der Waals surface area contributed by atoms with Gasteiger partial charge in [-0.25, -0.2) is 4.98 Å². The normalized spacial score (nSPS) is 17.6. The van der Waals surface area contributed by atoms with Crippen molar-refractivity contribution < 1.29 is 4.74 Å². The molecule has 0 saturated carbocycles. The highest BCUT2D eigenvalue weighted by atomic mass is 32.1. The largest absolute Gasteiger partial charge is 0.378 e. The summed E-state index contributed by atoms with van der Waals surface area (Å²) in [6, 6.07) is 0. The van der Waals surface area contributed by atoms with Crippen LogP contribution in [-0.2, 0) is 23.4 Å². The first-order chi connectivity index (χ1) is 8.50. The molecule has 1 fully saturated rings. The van der Waals surface area contributed by atoms with E-state index in [-0.39, 0.29) is 5.54 Å². The van der Waals surface area contributed by atoms with Gasteiger partial charge in [0.25, 0.3) is 0 Å². The highest BCUT2D eigenvalue weighted by Gasteiger charge is 2.24. The van der Waals surface area contributed by atoms with E-state index in [1.54, 1.807) is 18.4 Å². The van der Waals surface area contributed by atoms with Crippen LogP contribution in [-0.4, -0.2) is 30.1 Å². The fourth-order valence-corrected chi connectivity index (χ4v) is 3.46. The topological polar surface area (TPSA) is 51.4 Å². The van der Waals surface area contributed by atoms with Gasteiger partial charge in [-0.15, -0.1) is 11.3 Å². The third kappa shape index (κ3) is 3.29. The molecule has 18 heavy (non-hydrogen) atoms. The van der Waals surface area contributed by atoms with Gasteiger partial charge in [-0.1, -0.05) is 0 Å². The van der Waals surface area contributed by atoms with Gasteiger partial charge in [-0.3, -0.25) is 4.90 Å². The molecule has 0 bridgehead atoms. The Morgan fingerprint density at radius 3 is 2.61 bits per heavy atom. The van der Waals surface area contributed by atoms with Gasteiger partial charge in [-0.2, -0.15) is 0 Å². The highest BCUT2D eigenvalue weighted by Crippen LogP contribution is 2.29. The summed E-state index contributed by atoms with van der Waals surface area (Å²) in [6.45, 7) is 7.95. The predicted octanol–water partition coefficient (Wildman–Crippen LogP) is 2.08. The number of rotatable bonds is 5. The fourth-order valence-electron chi connectivity index (χ4n) is 2.34. The zero-order valence-electron chi connectivity index (χ0n) is 11.5. The summed E-state index contributed by atoms with van der Waals surface area (Å²) < 4.78 is 5.22. The number of hydrogen-bond acceptors (Lipinski definition) is 5. The van der Waals surface area contributed by atoms with Crippen molar-refractivity contribution in [1.82, 2.24) is 9.88 Å². The number of hydrogen-bond donors (Lipinski definition) is 1. The summed E-state index contributed by atoms with van der Waals surface area (Å²) in [5.74, 6) is 0. The lowest BCUT2D eigenvalue weighted by Crippen LogP contribution is -2.28. The van der Waals surface area contributed by atoms with Crippen LogP contribution in [0.1, 0.15) is 42.3 Å². The van der Waals surface area contributed by atoms with Gasteiger partial charge < -0.3 is 10.5 Å². The lowest BCUT2D eigenvalue weighted by Gasteiger charge is -2.17. The molecule has 0 spiro atoms. The average molecular weight is 269 g/mol. The molecule has 1 aliphatic heterocycles. The SMILES string of the molecule is COCc1nc(CN2CCCC2)sc1C(C)(C)N. The summed E-state index contributed by atoms with van der Waals surface area (Å²) in [7, 11) is 1.70. The average Bonchev–Trinajstić information content (AvgIpc) is 2.88. The lowest BCUT2D eigenvalue weighted by molar-refractivity contribution is 0.180. The van der Waals surface area contributed by atoms with Gasteiger partial charge in [0.05, 0.1) is 18.8 Å². The molecule has 4 nitrogen and oxygen atoms in total. The van der Waals surface area contributed by atoms with Gasteiger partial charge in [0.2, 0.25) is 0 Å². The van der Waals surface area contributed by atoms with E-state index in [9.17, 15) is 0 Å². The standard InChI is InChI=1S/C13H23N3OS/c1-13(2,14)12-10(9-17-3)15-11(18-12)8-16-6-4-5-7-16/h4-9,14H2,1-3H3. The quantitative estimate of drug-likeness (QED) is 0.889. The van der Waals surface area contributed by atoms with Crippen LogP contribution >= 0.6 is 11.3 Å². The maximum atomic E-state index is 6.21. The van der Waals surface area contributed by atoms with Crippen LogP contribution in [0.4, 0.5) is 0 Å². The molecule has 102 valence electrons. The molecule has 2 N–H and O–H groups in total. The molecule has 2 heterocycles. The van der Waals surface area contributed by atoms with Crippen LogP contribution in [0, 0.1) is 0 Å². The molecule has 5 heteroatoms. The Morgan fingerprint density at radius 2 is 2.06 bits per heavy atom. The first kappa shape index (κ1) is 13.9. The minimum Gasteiger partial charge on any atom is -0.378 e. The fraction of sp³-hybridized carbons (Fsp3) is 0.769. The van der Waals surface area contributed by atoms with Gasteiger partial charge >= 0.3 is 0 Å². The molecule has 2 rings (SSSR count). The molecule has 0 aliphatic carbocycles. The Balaban J connectivity index is 2.16. The van der Waals surface area contributed by atoms with E-state index in [1.807, 2.05) is 13.8 Å². The minimum absolute atomic E-state index is 0.339. The van der Waals surface area contributed by atoms with Crippen molar-refractivity contribution in [2.24, 2.45) is 5.73 Å². The first-order valence-corrected chi connectivity index (χ1v) is 7.31. The molecule has 1 aromatic heterocycles. The molecular formula is C13H23N3OS. The van der Waals surface area contributed by atoms with Crippen molar-refractivity contribution in [2.75, 3.05) is 20.2 Å². The summed E-state index contributed by atoms with van der Waals surface area (Å²) in [6.07, 6.45) is 2.62. The van der Waals surface area contributed by atoms with Gasteiger partial charge in [0, 0.05) is 17.5 Å². The van der Waals surface area contributed by atoms with Gasteiger partial charge in [0.1, 0.15) is 5.01 Å². The molecule has 1 aromatic rings. The molecule has 0 unspecified atom stereocenters. The monoisotopic (exact) mass is 269 g/mol. The summed E-state index contributed by atoms with van der Waals surface area (Å²) in [4.78, 5) is 8.31. The second-order valence-corrected chi connectivity index (χ2v) is 6.60. The van der Waals surface area contributed by atoms with Crippen molar-refractivity contribution in [3.8, 4) is 0 Å². The van der Waals surface area contributed by atoms with Crippen LogP contribution in [0.3, 0.4) is 0 Å². The minimum atomic E-state index is -0.339. The van der Waals surface area contributed by atoms with Crippen molar-refractivity contribution in [1.29, 1.82) is 0 Å². The van der Waals surface area contributed by atoms with Crippen LogP contribution in [0.5, 0.6) is 0 Å².